The number of hydrogen-bond donors (Lipinski definition) is 2. The molecule has 2 nitrogen and oxygen atoms in total. The minimum atomic E-state index is -2.49. The van der Waals surface area contributed by atoms with Crippen LogP contribution in [-0.4, -0.2) is 0 Å². The number of fused-ring (bicyclic) bond motifs is 1. The highest BCUT2D eigenvalue weighted by Crippen LogP contribution is 2.38. The summed E-state index contributed by atoms with van der Waals surface area (Å²) in [5.41, 5.74) is 12.2. The molecule has 2 aromatic rings. The second kappa shape index (κ2) is 3.09. The maximum absolute atomic E-state index is 12.6. The number of nitrogens with two attached hydrogens (primary N) is 2. The van der Waals surface area contributed by atoms with Gasteiger partial charge in [-0.1, -0.05) is 0 Å². The zero-order chi connectivity index (χ0) is 10.3. The zero-order valence-corrected chi connectivity index (χ0v) is 7.94. The molecule has 0 saturated carbocycles. The van der Waals surface area contributed by atoms with Crippen molar-refractivity contribution in [3.05, 3.63) is 23.1 Å². The molecule has 0 bridgehead atoms. The van der Waals surface area contributed by atoms with E-state index in [1.54, 1.807) is 5.38 Å². The fraction of sp³-hybridized carbons (Fsp3) is 0.111. The van der Waals surface area contributed by atoms with E-state index in [1.807, 2.05) is 0 Å². The molecule has 0 unspecified atom stereocenters. The number of hydrogen-bond acceptors (Lipinski definition) is 3. The first-order valence-corrected chi connectivity index (χ1v) is 4.82. The Balaban J connectivity index is 2.83. The predicted octanol–water partition coefficient (Wildman–Crippen LogP) is 3.00. The zero-order valence-electron chi connectivity index (χ0n) is 7.13. The third-order valence-electron chi connectivity index (χ3n) is 2.05. The molecule has 74 valence electrons. The second-order valence-electron chi connectivity index (χ2n) is 2.94. The molecule has 1 aromatic heterocycles. The monoisotopic (exact) mass is 214 g/mol. The standard InChI is InChI=1S/C9H8F2N2S/c10-9(11)4-1-2-5(12)7-6(13)3-14-8(4)7/h1-3,9H,12-13H2. The molecule has 0 atom stereocenters. The molecule has 0 aliphatic carbocycles. The van der Waals surface area contributed by atoms with Crippen molar-refractivity contribution in [2.75, 3.05) is 11.5 Å². The van der Waals surface area contributed by atoms with Crippen molar-refractivity contribution in [3.8, 4) is 0 Å². The van der Waals surface area contributed by atoms with Crippen LogP contribution in [-0.2, 0) is 0 Å². The smallest absolute Gasteiger partial charge is 0.265 e. The summed E-state index contributed by atoms with van der Waals surface area (Å²) in [7, 11) is 0. The number of rotatable bonds is 1. The first-order chi connectivity index (χ1) is 6.61. The first-order valence-electron chi connectivity index (χ1n) is 3.94. The van der Waals surface area contributed by atoms with Gasteiger partial charge in [0.25, 0.3) is 6.43 Å². The first kappa shape index (κ1) is 9.21. The van der Waals surface area contributed by atoms with Crippen molar-refractivity contribution in [1.29, 1.82) is 0 Å². The van der Waals surface area contributed by atoms with Crippen molar-refractivity contribution in [1.82, 2.24) is 0 Å². The Morgan fingerprint density at radius 2 is 1.86 bits per heavy atom. The maximum Gasteiger partial charge on any atom is 0.265 e. The van der Waals surface area contributed by atoms with Gasteiger partial charge in [0, 0.05) is 26.7 Å². The van der Waals surface area contributed by atoms with Crippen LogP contribution in [0.5, 0.6) is 0 Å². The van der Waals surface area contributed by atoms with Crippen molar-refractivity contribution in [2.45, 2.75) is 6.43 Å². The summed E-state index contributed by atoms with van der Waals surface area (Å²) in [5.74, 6) is 0. The number of nitrogen functional groups attached to an aromatic ring is 2. The summed E-state index contributed by atoms with van der Waals surface area (Å²) in [6, 6.07) is 2.81. The average Bonchev–Trinajstić information content (AvgIpc) is 2.49. The lowest BCUT2D eigenvalue weighted by Gasteiger charge is -2.03. The number of anilines is 2. The predicted molar refractivity (Wildman–Crippen MR) is 55.6 cm³/mol. The highest BCUT2D eigenvalue weighted by molar-refractivity contribution is 7.18. The van der Waals surface area contributed by atoms with Gasteiger partial charge in [-0.2, -0.15) is 0 Å². The fourth-order valence-electron chi connectivity index (χ4n) is 1.39. The van der Waals surface area contributed by atoms with Gasteiger partial charge in [0.1, 0.15) is 0 Å². The molecule has 0 fully saturated rings. The largest absolute Gasteiger partial charge is 0.398 e. The van der Waals surface area contributed by atoms with Crippen LogP contribution in [0.1, 0.15) is 12.0 Å². The molecule has 0 spiro atoms. The van der Waals surface area contributed by atoms with E-state index < -0.39 is 6.43 Å². The summed E-state index contributed by atoms with van der Waals surface area (Å²) in [5, 5.41) is 2.18. The summed E-state index contributed by atoms with van der Waals surface area (Å²) < 4.78 is 25.6. The summed E-state index contributed by atoms with van der Waals surface area (Å²) in [4.78, 5) is 0. The topological polar surface area (TPSA) is 52.0 Å². The van der Waals surface area contributed by atoms with E-state index in [0.717, 1.165) is 0 Å². The van der Waals surface area contributed by atoms with E-state index in [-0.39, 0.29) is 5.56 Å². The fourth-order valence-corrected chi connectivity index (χ4v) is 2.40. The number of benzene rings is 1. The molecule has 14 heavy (non-hydrogen) atoms. The van der Waals surface area contributed by atoms with Gasteiger partial charge in [0.05, 0.1) is 5.69 Å². The SMILES string of the molecule is Nc1ccc(C(F)F)c2scc(N)c12. The maximum atomic E-state index is 12.6. The van der Waals surface area contributed by atoms with Crippen LogP contribution in [0.25, 0.3) is 10.1 Å². The number of alkyl halides is 2. The molecule has 1 heterocycles. The van der Waals surface area contributed by atoms with Crippen molar-refractivity contribution in [2.24, 2.45) is 0 Å². The van der Waals surface area contributed by atoms with Crippen LogP contribution in [0.3, 0.4) is 0 Å². The minimum Gasteiger partial charge on any atom is -0.398 e. The van der Waals surface area contributed by atoms with E-state index >= 15 is 0 Å². The van der Waals surface area contributed by atoms with Gasteiger partial charge in [-0.15, -0.1) is 11.3 Å². The molecular weight excluding hydrogens is 206 g/mol. The minimum absolute atomic E-state index is 0.00380. The van der Waals surface area contributed by atoms with Gasteiger partial charge < -0.3 is 11.5 Å². The van der Waals surface area contributed by atoms with E-state index in [0.29, 0.717) is 21.5 Å². The van der Waals surface area contributed by atoms with Gasteiger partial charge in [0.2, 0.25) is 0 Å². The Morgan fingerprint density at radius 3 is 2.50 bits per heavy atom. The lowest BCUT2D eigenvalue weighted by Crippen LogP contribution is -1.92. The number of halogens is 2. The Hall–Kier alpha value is -1.36. The Bertz CT molecular complexity index is 479. The van der Waals surface area contributed by atoms with E-state index in [9.17, 15) is 8.78 Å². The molecule has 0 amide bonds. The van der Waals surface area contributed by atoms with Gasteiger partial charge in [-0.3, -0.25) is 0 Å². The third kappa shape index (κ3) is 1.21. The van der Waals surface area contributed by atoms with Crippen LogP contribution in [0, 0.1) is 0 Å². The van der Waals surface area contributed by atoms with Crippen LogP contribution in [0.4, 0.5) is 20.2 Å². The van der Waals surface area contributed by atoms with Crippen molar-refractivity contribution >= 4 is 32.8 Å². The van der Waals surface area contributed by atoms with Gasteiger partial charge >= 0.3 is 0 Å². The summed E-state index contributed by atoms with van der Waals surface area (Å²) in [6.45, 7) is 0. The van der Waals surface area contributed by atoms with E-state index in [2.05, 4.69) is 0 Å². The van der Waals surface area contributed by atoms with E-state index in [1.165, 1.54) is 23.5 Å². The Labute approximate surface area is 83.1 Å². The Morgan fingerprint density at radius 1 is 1.14 bits per heavy atom. The molecule has 0 aliphatic heterocycles. The van der Waals surface area contributed by atoms with Gasteiger partial charge in [0.15, 0.2) is 0 Å². The molecule has 4 N–H and O–H groups in total. The molecule has 2 rings (SSSR count). The number of thiophene rings is 1. The quantitative estimate of drug-likeness (QED) is 0.717. The molecule has 0 radical (unpaired) electrons. The summed E-state index contributed by atoms with van der Waals surface area (Å²) in [6.07, 6.45) is -2.49. The molecule has 5 heteroatoms. The molecule has 0 saturated heterocycles. The van der Waals surface area contributed by atoms with Crippen LogP contribution < -0.4 is 11.5 Å². The van der Waals surface area contributed by atoms with Crippen LogP contribution >= 0.6 is 11.3 Å². The molecule has 0 aliphatic rings. The normalized spacial score (nSPS) is 11.4. The Kier molecular flexibility index (Phi) is 2.03. The van der Waals surface area contributed by atoms with Gasteiger partial charge in [-0.25, -0.2) is 8.78 Å². The highest BCUT2D eigenvalue weighted by Gasteiger charge is 2.15. The van der Waals surface area contributed by atoms with Crippen molar-refractivity contribution in [3.63, 3.8) is 0 Å². The van der Waals surface area contributed by atoms with Gasteiger partial charge in [-0.05, 0) is 12.1 Å². The molecule has 1 aromatic carbocycles. The highest BCUT2D eigenvalue weighted by atomic mass is 32.1. The average molecular weight is 214 g/mol. The van der Waals surface area contributed by atoms with Crippen LogP contribution in [0.15, 0.2) is 17.5 Å². The lowest BCUT2D eigenvalue weighted by molar-refractivity contribution is 0.153. The van der Waals surface area contributed by atoms with E-state index in [4.69, 9.17) is 11.5 Å². The van der Waals surface area contributed by atoms with Crippen molar-refractivity contribution < 1.29 is 8.78 Å². The third-order valence-corrected chi connectivity index (χ3v) is 3.10. The second-order valence-corrected chi connectivity index (χ2v) is 3.82. The summed E-state index contributed by atoms with van der Waals surface area (Å²) >= 11 is 1.20. The molecular formula is C9H8F2N2S. The van der Waals surface area contributed by atoms with Crippen LogP contribution in [0.2, 0.25) is 0 Å². The lowest BCUT2D eigenvalue weighted by atomic mass is 10.1.